The average Bonchev–Trinajstić information content (AvgIpc) is 3.16. The van der Waals surface area contributed by atoms with Crippen molar-refractivity contribution in [3.05, 3.63) is 47.4 Å². The lowest BCUT2D eigenvalue weighted by Gasteiger charge is -2.25. The molecule has 9 heteroatoms. The standard InChI is InChI=1S/C22H27N5O4/c1-25(2)20-12-17-14(13-26(24-17)15-7-9-16(28)10-8-15)11-18(20)23-22(29)19-5-4-6-21(31-3)27(19)30/h4-6,11-13,15-16,28H,7-10H2,1-3H3,(H,23,29). The van der Waals surface area contributed by atoms with Crippen molar-refractivity contribution in [1.82, 2.24) is 9.78 Å². The van der Waals surface area contributed by atoms with Crippen molar-refractivity contribution in [2.75, 3.05) is 31.4 Å². The molecule has 0 aliphatic heterocycles. The van der Waals surface area contributed by atoms with Crippen LogP contribution in [0, 0.1) is 5.21 Å². The predicted molar refractivity (Wildman–Crippen MR) is 117 cm³/mol. The molecule has 1 aliphatic rings. The first-order chi connectivity index (χ1) is 14.9. The minimum absolute atomic E-state index is 0.0508. The molecule has 0 radical (unpaired) electrons. The molecule has 1 saturated carbocycles. The molecule has 3 aromatic rings. The van der Waals surface area contributed by atoms with E-state index in [1.807, 2.05) is 42.0 Å². The number of methoxy groups -OCH3 is 1. The van der Waals surface area contributed by atoms with E-state index in [0.717, 1.165) is 42.3 Å². The third kappa shape index (κ3) is 4.13. The highest BCUT2D eigenvalue weighted by molar-refractivity contribution is 6.05. The highest BCUT2D eigenvalue weighted by Gasteiger charge is 2.24. The number of aliphatic hydroxyl groups is 1. The van der Waals surface area contributed by atoms with Crippen molar-refractivity contribution in [2.45, 2.75) is 37.8 Å². The SMILES string of the molecule is COc1cccc(C(=O)Nc2cc3cn(C4CCC(O)CC4)nc3cc2N(C)C)[n+]1[O-]. The van der Waals surface area contributed by atoms with Gasteiger partial charge in [0.1, 0.15) is 0 Å². The molecular formula is C22H27N5O4. The Hall–Kier alpha value is -3.33. The van der Waals surface area contributed by atoms with E-state index in [4.69, 9.17) is 9.84 Å². The van der Waals surface area contributed by atoms with Gasteiger partial charge in [0.2, 0.25) is 0 Å². The van der Waals surface area contributed by atoms with Crippen molar-refractivity contribution >= 4 is 28.2 Å². The number of hydrogen-bond donors (Lipinski definition) is 2. The molecule has 1 fully saturated rings. The third-order valence-electron chi connectivity index (χ3n) is 5.76. The second kappa shape index (κ2) is 8.43. The first kappa shape index (κ1) is 20.9. The number of nitrogens with zero attached hydrogens (tertiary/aromatic N) is 4. The maximum absolute atomic E-state index is 12.8. The second-order valence-corrected chi connectivity index (χ2v) is 8.10. The summed E-state index contributed by atoms with van der Waals surface area (Å²) in [6.45, 7) is 0. The van der Waals surface area contributed by atoms with Crippen molar-refractivity contribution in [2.24, 2.45) is 0 Å². The number of pyridine rings is 1. The Morgan fingerprint density at radius 1 is 1.29 bits per heavy atom. The number of aromatic nitrogens is 3. The molecule has 31 heavy (non-hydrogen) atoms. The molecule has 1 aromatic carbocycles. The van der Waals surface area contributed by atoms with Crippen LogP contribution in [-0.4, -0.2) is 48.1 Å². The van der Waals surface area contributed by atoms with E-state index in [1.54, 1.807) is 6.07 Å². The van der Waals surface area contributed by atoms with Gasteiger partial charge in [0, 0.05) is 31.7 Å². The average molecular weight is 425 g/mol. The van der Waals surface area contributed by atoms with Gasteiger partial charge in [0.15, 0.2) is 0 Å². The van der Waals surface area contributed by atoms with Crippen LogP contribution in [-0.2, 0) is 0 Å². The zero-order valence-electron chi connectivity index (χ0n) is 17.9. The minimum Gasteiger partial charge on any atom is -0.615 e. The summed E-state index contributed by atoms with van der Waals surface area (Å²) < 4.78 is 7.45. The maximum atomic E-state index is 12.8. The Balaban J connectivity index is 1.66. The molecule has 2 aromatic heterocycles. The molecule has 4 rings (SSSR count). The van der Waals surface area contributed by atoms with Gasteiger partial charge < -0.3 is 25.3 Å². The van der Waals surface area contributed by atoms with Crippen molar-refractivity contribution in [1.29, 1.82) is 0 Å². The zero-order chi connectivity index (χ0) is 22.1. The van der Waals surface area contributed by atoms with Crippen molar-refractivity contribution in [3.8, 4) is 5.88 Å². The van der Waals surface area contributed by atoms with Gasteiger partial charge >= 0.3 is 11.8 Å². The number of nitrogens with one attached hydrogen (secondary N) is 1. The van der Waals surface area contributed by atoms with Crippen LogP contribution in [0.25, 0.3) is 10.9 Å². The number of fused-ring (bicyclic) bond motifs is 1. The van der Waals surface area contributed by atoms with E-state index in [9.17, 15) is 15.1 Å². The Kier molecular flexibility index (Phi) is 5.69. The fourth-order valence-corrected chi connectivity index (χ4v) is 4.04. The first-order valence-corrected chi connectivity index (χ1v) is 10.3. The van der Waals surface area contributed by atoms with Crippen LogP contribution in [0.1, 0.15) is 42.2 Å². The summed E-state index contributed by atoms with van der Waals surface area (Å²) in [6.07, 6.45) is 5.09. The quantitative estimate of drug-likeness (QED) is 0.480. The lowest BCUT2D eigenvalue weighted by Crippen LogP contribution is -2.38. The molecule has 1 aliphatic carbocycles. The summed E-state index contributed by atoms with van der Waals surface area (Å²) in [4.78, 5) is 14.7. The summed E-state index contributed by atoms with van der Waals surface area (Å²) in [7, 11) is 5.15. The van der Waals surface area contributed by atoms with Crippen molar-refractivity contribution < 1.29 is 19.4 Å². The number of hydrogen-bond acceptors (Lipinski definition) is 6. The van der Waals surface area contributed by atoms with E-state index in [2.05, 4.69) is 5.32 Å². The van der Waals surface area contributed by atoms with Gasteiger partial charge in [0.05, 0.1) is 42.2 Å². The van der Waals surface area contributed by atoms with E-state index < -0.39 is 5.91 Å². The Bertz CT molecular complexity index is 1100. The van der Waals surface area contributed by atoms with Gasteiger partial charge in [-0.05, 0) is 43.9 Å². The first-order valence-electron chi connectivity index (χ1n) is 10.3. The highest BCUT2D eigenvalue weighted by atomic mass is 16.5. The number of carbonyl (C=O) groups is 1. The van der Waals surface area contributed by atoms with Crippen LogP contribution in [0.5, 0.6) is 5.88 Å². The smallest absolute Gasteiger partial charge is 0.379 e. The molecular weight excluding hydrogens is 398 g/mol. The van der Waals surface area contributed by atoms with Gasteiger partial charge in [-0.15, -0.1) is 4.73 Å². The Morgan fingerprint density at radius 2 is 2.03 bits per heavy atom. The number of aliphatic hydroxyl groups excluding tert-OH is 1. The fraction of sp³-hybridized carbons (Fsp3) is 0.409. The van der Waals surface area contributed by atoms with E-state index in [-0.39, 0.29) is 23.7 Å². The highest BCUT2D eigenvalue weighted by Crippen LogP contribution is 2.33. The number of benzene rings is 1. The van der Waals surface area contributed by atoms with Crippen LogP contribution < -0.4 is 19.7 Å². The molecule has 9 nitrogen and oxygen atoms in total. The fourth-order valence-electron chi connectivity index (χ4n) is 4.04. The van der Waals surface area contributed by atoms with Crippen LogP contribution in [0.4, 0.5) is 11.4 Å². The number of carbonyl (C=O) groups excluding carboxylic acids is 1. The molecule has 0 atom stereocenters. The topological polar surface area (TPSA) is 107 Å². The molecule has 2 heterocycles. The molecule has 0 saturated heterocycles. The van der Waals surface area contributed by atoms with E-state index in [1.165, 1.54) is 19.2 Å². The lowest BCUT2D eigenvalue weighted by molar-refractivity contribution is -0.614. The van der Waals surface area contributed by atoms with Gasteiger partial charge in [-0.3, -0.25) is 9.48 Å². The van der Waals surface area contributed by atoms with Gasteiger partial charge in [-0.1, -0.05) is 0 Å². The summed E-state index contributed by atoms with van der Waals surface area (Å²) in [5.74, 6) is -0.472. The molecule has 164 valence electrons. The molecule has 2 N–H and O–H groups in total. The largest absolute Gasteiger partial charge is 0.615 e. The monoisotopic (exact) mass is 425 g/mol. The summed E-state index contributed by atoms with van der Waals surface area (Å²) in [6, 6.07) is 8.61. The van der Waals surface area contributed by atoms with Crippen LogP contribution in [0.3, 0.4) is 0 Å². The van der Waals surface area contributed by atoms with E-state index >= 15 is 0 Å². The Morgan fingerprint density at radius 3 is 2.71 bits per heavy atom. The molecule has 0 spiro atoms. The third-order valence-corrected chi connectivity index (χ3v) is 5.76. The van der Waals surface area contributed by atoms with Gasteiger partial charge in [-0.25, -0.2) is 0 Å². The number of amides is 1. The number of anilines is 2. The molecule has 1 amide bonds. The zero-order valence-corrected chi connectivity index (χ0v) is 17.9. The Labute approximate surface area is 180 Å². The van der Waals surface area contributed by atoms with Crippen LogP contribution >= 0.6 is 0 Å². The lowest BCUT2D eigenvalue weighted by atomic mass is 9.93. The van der Waals surface area contributed by atoms with Crippen molar-refractivity contribution in [3.63, 3.8) is 0 Å². The van der Waals surface area contributed by atoms with E-state index in [0.29, 0.717) is 10.4 Å². The van der Waals surface area contributed by atoms with Gasteiger partial charge in [0.25, 0.3) is 5.69 Å². The van der Waals surface area contributed by atoms with Crippen LogP contribution in [0.15, 0.2) is 36.5 Å². The molecule has 0 bridgehead atoms. The summed E-state index contributed by atoms with van der Waals surface area (Å²) in [5, 5.41) is 30.6. The second-order valence-electron chi connectivity index (χ2n) is 8.10. The summed E-state index contributed by atoms with van der Waals surface area (Å²) >= 11 is 0. The number of ether oxygens (including phenoxy) is 1. The predicted octanol–water partition coefficient (Wildman–Crippen LogP) is 2.47. The molecule has 0 unspecified atom stereocenters. The minimum atomic E-state index is -0.523. The summed E-state index contributed by atoms with van der Waals surface area (Å²) in [5.41, 5.74) is 2.14. The van der Waals surface area contributed by atoms with Crippen LogP contribution in [0.2, 0.25) is 0 Å². The maximum Gasteiger partial charge on any atom is 0.379 e. The number of rotatable bonds is 5. The normalized spacial score (nSPS) is 18.7. The van der Waals surface area contributed by atoms with Gasteiger partial charge in [-0.2, -0.15) is 5.10 Å².